The lowest BCUT2D eigenvalue weighted by Crippen LogP contribution is -2.47. The van der Waals surface area contributed by atoms with Crippen LogP contribution in [0.3, 0.4) is 0 Å². The predicted molar refractivity (Wildman–Crippen MR) is 111 cm³/mol. The van der Waals surface area contributed by atoms with Crippen LogP contribution in [0.15, 0.2) is 66.1 Å². The molecule has 0 atom stereocenters. The molecule has 0 radical (unpaired) electrons. The van der Waals surface area contributed by atoms with Crippen molar-refractivity contribution in [2.75, 3.05) is 36.0 Å². The van der Waals surface area contributed by atoms with Crippen LogP contribution in [0.25, 0.3) is 0 Å². The fourth-order valence-electron chi connectivity index (χ4n) is 3.15. The van der Waals surface area contributed by atoms with Crippen LogP contribution in [0, 0.1) is 6.92 Å². The molecule has 27 heavy (non-hydrogen) atoms. The Kier molecular flexibility index (Phi) is 5.53. The van der Waals surface area contributed by atoms with Crippen LogP contribution in [0.5, 0.6) is 0 Å². The van der Waals surface area contributed by atoms with Crippen molar-refractivity contribution in [3.63, 3.8) is 0 Å². The topological polar surface area (TPSA) is 45.2 Å². The molecule has 1 aliphatic heterocycles. The van der Waals surface area contributed by atoms with Gasteiger partial charge in [0, 0.05) is 38.1 Å². The van der Waals surface area contributed by atoms with Crippen LogP contribution < -0.4 is 9.80 Å². The molecule has 1 saturated heterocycles. The lowest BCUT2D eigenvalue weighted by Gasteiger charge is -2.36. The third-order valence-corrected chi connectivity index (χ3v) is 5.63. The second-order valence-corrected chi connectivity index (χ2v) is 7.65. The molecule has 0 unspecified atom stereocenters. The summed E-state index contributed by atoms with van der Waals surface area (Å²) >= 11 is 1.73. The Labute approximate surface area is 164 Å². The molecule has 0 N–H and O–H groups in total. The summed E-state index contributed by atoms with van der Waals surface area (Å²) in [5, 5.41) is 0.971. The number of hydrogen-bond donors (Lipinski definition) is 0. The molecule has 0 bridgehead atoms. The molecule has 138 valence electrons. The second-order valence-electron chi connectivity index (χ2n) is 6.66. The van der Waals surface area contributed by atoms with Crippen molar-refractivity contribution in [1.29, 1.82) is 0 Å². The summed E-state index contributed by atoms with van der Waals surface area (Å²) in [6.07, 6.45) is 5.60. The number of rotatable bonds is 5. The van der Waals surface area contributed by atoms with E-state index in [1.165, 1.54) is 11.1 Å². The highest BCUT2D eigenvalue weighted by molar-refractivity contribution is 7.98. The first kappa shape index (κ1) is 17.8. The smallest absolute Gasteiger partial charge is 0.148 e. The number of aryl methyl sites for hydroxylation is 1. The summed E-state index contributed by atoms with van der Waals surface area (Å²) in [4.78, 5) is 18.4. The number of anilines is 2. The quantitative estimate of drug-likeness (QED) is 0.630. The number of benzene rings is 1. The number of aromatic nitrogens is 3. The van der Waals surface area contributed by atoms with Gasteiger partial charge >= 0.3 is 0 Å². The summed E-state index contributed by atoms with van der Waals surface area (Å²) in [6.45, 7) is 5.85. The van der Waals surface area contributed by atoms with Crippen molar-refractivity contribution in [2.45, 2.75) is 17.7 Å². The highest BCUT2D eigenvalue weighted by Crippen LogP contribution is 2.23. The van der Waals surface area contributed by atoms with Crippen molar-refractivity contribution in [2.24, 2.45) is 0 Å². The van der Waals surface area contributed by atoms with Gasteiger partial charge in [0.25, 0.3) is 0 Å². The minimum Gasteiger partial charge on any atom is -0.353 e. The summed E-state index contributed by atoms with van der Waals surface area (Å²) in [5.74, 6) is 2.93. The number of piperazine rings is 1. The third kappa shape index (κ3) is 4.57. The monoisotopic (exact) mass is 377 g/mol. The van der Waals surface area contributed by atoms with Gasteiger partial charge in [0.2, 0.25) is 0 Å². The molecule has 2 aromatic heterocycles. The summed E-state index contributed by atoms with van der Waals surface area (Å²) < 4.78 is 0. The lowest BCUT2D eigenvalue weighted by molar-refractivity contribution is 0.638. The van der Waals surface area contributed by atoms with Crippen LogP contribution in [0.4, 0.5) is 11.6 Å². The van der Waals surface area contributed by atoms with Gasteiger partial charge in [-0.05, 0) is 30.2 Å². The predicted octanol–water partition coefficient (Wildman–Crippen LogP) is 3.80. The van der Waals surface area contributed by atoms with Gasteiger partial charge < -0.3 is 9.80 Å². The molecule has 1 aromatic carbocycles. The Balaban J connectivity index is 1.37. The van der Waals surface area contributed by atoms with Gasteiger partial charge in [0.15, 0.2) is 0 Å². The summed E-state index contributed by atoms with van der Waals surface area (Å²) in [6, 6.07) is 14.7. The average molecular weight is 378 g/mol. The van der Waals surface area contributed by atoms with Gasteiger partial charge in [0.1, 0.15) is 16.7 Å². The van der Waals surface area contributed by atoms with Crippen LogP contribution in [0.1, 0.15) is 11.1 Å². The van der Waals surface area contributed by atoms with Gasteiger partial charge in [-0.1, -0.05) is 30.3 Å². The first-order valence-electron chi connectivity index (χ1n) is 9.19. The Hall–Kier alpha value is -2.60. The van der Waals surface area contributed by atoms with E-state index in [2.05, 4.69) is 57.0 Å². The summed E-state index contributed by atoms with van der Waals surface area (Å²) in [5.41, 5.74) is 2.55. The normalized spacial score (nSPS) is 14.4. The maximum absolute atomic E-state index is 4.82. The molecule has 4 rings (SSSR count). The van der Waals surface area contributed by atoms with Gasteiger partial charge in [0.05, 0.1) is 12.4 Å². The molecule has 1 aliphatic rings. The van der Waals surface area contributed by atoms with Crippen molar-refractivity contribution in [1.82, 2.24) is 15.0 Å². The lowest BCUT2D eigenvalue weighted by atomic mass is 10.2. The van der Waals surface area contributed by atoms with E-state index in [0.29, 0.717) is 0 Å². The van der Waals surface area contributed by atoms with E-state index in [4.69, 9.17) is 4.98 Å². The highest BCUT2D eigenvalue weighted by atomic mass is 32.2. The SMILES string of the molecule is Cc1ccnc(N2CCN(c3cncc(SCc4ccccc4)n3)CC2)c1. The first-order valence-corrected chi connectivity index (χ1v) is 10.2. The van der Waals surface area contributed by atoms with E-state index in [1.54, 1.807) is 11.8 Å². The number of pyridine rings is 1. The average Bonchev–Trinajstić information content (AvgIpc) is 2.73. The molecule has 1 fully saturated rings. The molecule has 6 heteroatoms. The molecule has 0 aliphatic carbocycles. The standard InChI is InChI=1S/C21H23N5S/c1-17-7-8-23-19(13-17)25-9-11-26(12-10-25)20-14-22-15-21(24-20)27-16-18-5-3-2-4-6-18/h2-8,13-15H,9-12,16H2,1H3. The first-order chi connectivity index (χ1) is 13.3. The van der Waals surface area contributed by atoms with Gasteiger partial charge in [-0.25, -0.2) is 9.97 Å². The maximum Gasteiger partial charge on any atom is 0.148 e. The zero-order valence-electron chi connectivity index (χ0n) is 15.5. The Morgan fingerprint density at radius 1 is 0.926 bits per heavy atom. The van der Waals surface area contributed by atoms with Crippen molar-refractivity contribution in [3.8, 4) is 0 Å². The Bertz CT molecular complexity index is 879. The fraction of sp³-hybridized carbons (Fsp3) is 0.286. The molecule has 0 amide bonds. The van der Waals surface area contributed by atoms with E-state index < -0.39 is 0 Å². The van der Waals surface area contributed by atoms with E-state index in [1.807, 2.05) is 30.7 Å². The van der Waals surface area contributed by atoms with Crippen LogP contribution >= 0.6 is 11.8 Å². The van der Waals surface area contributed by atoms with E-state index in [9.17, 15) is 0 Å². The zero-order chi connectivity index (χ0) is 18.5. The molecule has 0 saturated carbocycles. The van der Waals surface area contributed by atoms with E-state index in [0.717, 1.165) is 48.6 Å². The van der Waals surface area contributed by atoms with Crippen LogP contribution in [-0.4, -0.2) is 41.1 Å². The maximum atomic E-state index is 4.82. The van der Waals surface area contributed by atoms with Crippen molar-refractivity contribution in [3.05, 3.63) is 72.2 Å². The number of thioether (sulfide) groups is 1. The van der Waals surface area contributed by atoms with Gasteiger partial charge in [-0.2, -0.15) is 0 Å². The molecule has 3 aromatic rings. The van der Waals surface area contributed by atoms with Crippen molar-refractivity contribution >= 4 is 23.4 Å². The fourth-order valence-corrected chi connectivity index (χ4v) is 3.95. The zero-order valence-corrected chi connectivity index (χ0v) is 16.3. The molecule has 0 spiro atoms. The highest BCUT2D eigenvalue weighted by Gasteiger charge is 2.19. The second kappa shape index (κ2) is 8.39. The van der Waals surface area contributed by atoms with Gasteiger partial charge in [-0.3, -0.25) is 4.98 Å². The summed E-state index contributed by atoms with van der Waals surface area (Å²) in [7, 11) is 0. The number of nitrogens with zero attached hydrogens (tertiary/aromatic N) is 5. The largest absolute Gasteiger partial charge is 0.353 e. The van der Waals surface area contributed by atoms with E-state index in [-0.39, 0.29) is 0 Å². The minimum absolute atomic E-state index is 0.909. The van der Waals surface area contributed by atoms with Crippen molar-refractivity contribution < 1.29 is 0 Å². The van der Waals surface area contributed by atoms with Gasteiger partial charge in [-0.15, -0.1) is 11.8 Å². The Morgan fingerprint density at radius 3 is 2.41 bits per heavy atom. The Morgan fingerprint density at radius 2 is 1.67 bits per heavy atom. The minimum atomic E-state index is 0.909. The van der Waals surface area contributed by atoms with E-state index >= 15 is 0 Å². The molecule has 5 nitrogen and oxygen atoms in total. The van der Waals surface area contributed by atoms with Crippen LogP contribution in [0.2, 0.25) is 0 Å². The molecular formula is C21H23N5S. The third-order valence-electron chi connectivity index (χ3n) is 4.66. The van der Waals surface area contributed by atoms with Crippen LogP contribution in [-0.2, 0) is 5.75 Å². The number of hydrogen-bond acceptors (Lipinski definition) is 6. The molecular weight excluding hydrogens is 354 g/mol. The molecule has 3 heterocycles.